The zero-order valence-electron chi connectivity index (χ0n) is 11.4. The number of aromatic nitrogens is 2. The van der Waals surface area contributed by atoms with Gasteiger partial charge in [-0.05, 0) is 39.2 Å². The van der Waals surface area contributed by atoms with Crippen LogP contribution in [0.3, 0.4) is 0 Å². The van der Waals surface area contributed by atoms with Gasteiger partial charge in [0, 0.05) is 31.1 Å². The Hall–Kier alpha value is -1.00. The van der Waals surface area contributed by atoms with Crippen molar-refractivity contribution in [3.05, 3.63) is 23.8 Å². The van der Waals surface area contributed by atoms with Crippen molar-refractivity contribution in [1.29, 1.82) is 0 Å². The van der Waals surface area contributed by atoms with Crippen molar-refractivity contribution in [3.8, 4) is 0 Å². The lowest BCUT2D eigenvalue weighted by atomic mass is 10.0. The molecule has 0 aliphatic heterocycles. The number of hydrogen-bond acceptors (Lipinski definition) is 4. The Morgan fingerprint density at radius 3 is 2.44 bits per heavy atom. The molecule has 1 aromatic heterocycles. The monoisotopic (exact) mass is 249 g/mol. The summed E-state index contributed by atoms with van der Waals surface area (Å²) >= 11 is 0. The Bertz CT molecular complexity index is 358. The molecule has 4 nitrogen and oxygen atoms in total. The van der Waals surface area contributed by atoms with Gasteiger partial charge in [0.25, 0.3) is 0 Å². The van der Waals surface area contributed by atoms with Gasteiger partial charge in [-0.1, -0.05) is 6.92 Å². The normalized spacial score (nSPS) is 18.1. The summed E-state index contributed by atoms with van der Waals surface area (Å²) in [6.45, 7) is 6.66. The highest BCUT2D eigenvalue weighted by molar-refractivity contribution is 5.11. The van der Waals surface area contributed by atoms with E-state index in [1.54, 1.807) is 0 Å². The van der Waals surface area contributed by atoms with Gasteiger partial charge in [0.15, 0.2) is 5.82 Å². The maximum absolute atomic E-state index is 5.96. The zero-order chi connectivity index (χ0) is 12.8. The molecule has 1 N–H and O–H groups in total. The van der Waals surface area contributed by atoms with E-state index in [9.17, 15) is 0 Å². The molecule has 2 rings (SSSR count). The summed E-state index contributed by atoms with van der Waals surface area (Å²) in [5, 5.41) is 3.28. The Morgan fingerprint density at radius 1 is 1.22 bits per heavy atom. The maximum Gasteiger partial charge on any atom is 0.160 e. The van der Waals surface area contributed by atoms with E-state index in [1.807, 2.05) is 19.3 Å². The van der Waals surface area contributed by atoms with E-state index in [2.05, 4.69) is 22.2 Å². The van der Waals surface area contributed by atoms with Gasteiger partial charge >= 0.3 is 0 Å². The molecule has 1 saturated carbocycles. The minimum Gasteiger partial charge on any atom is -0.367 e. The van der Waals surface area contributed by atoms with Crippen LogP contribution in [0, 0.1) is 0 Å². The molecular weight excluding hydrogens is 226 g/mol. The predicted octanol–water partition coefficient (Wildman–Crippen LogP) is 2.39. The highest BCUT2D eigenvalue weighted by Crippen LogP contribution is 2.40. The van der Waals surface area contributed by atoms with E-state index < -0.39 is 0 Å². The lowest BCUT2D eigenvalue weighted by Crippen LogP contribution is -2.29. The van der Waals surface area contributed by atoms with Gasteiger partial charge in [-0.15, -0.1) is 0 Å². The van der Waals surface area contributed by atoms with Gasteiger partial charge in [0.1, 0.15) is 5.60 Å². The van der Waals surface area contributed by atoms with Crippen LogP contribution in [0.4, 0.5) is 0 Å². The van der Waals surface area contributed by atoms with E-state index in [-0.39, 0.29) is 5.60 Å². The molecule has 4 heteroatoms. The van der Waals surface area contributed by atoms with Gasteiger partial charge in [-0.2, -0.15) is 0 Å². The van der Waals surface area contributed by atoms with Crippen molar-refractivity contribution in [2.24, 2.45) is 0 Å². The molecule has 18 heavy (non-hydrogen) atoms. The van der Waals surface area contributed by atoms with Crippen molar-refractivity contribution in [2.75, 3.05) is 13.2 Å². The van der Waals surface area contributed by atoms with Crippen LogP contribution in [0.25, 0.3) is 0 Å². The molecule has 0 radical (unpaired) electrons. The van der Waals surface area contributed by atoms with Crippen LogP contribution in [0.1, 0.15) is 50.9 Å². The van der Waals surface area contributed by atoms with Crippen LogP contribution < -0.4 is 5.32 Å². The van der Waals surface area contributed by atoms with Crippen LogP contribution in [-0.4, -0.2) is 23.1 Å². The lowest BCUT2D eigenvalue weighted by Gasteiger charge is -2.27. The SMILES string of the molecule is CCNCc1cnc(C2(OCC)CCCC2)nc1. The third-order valence-electron chi connectivity index (χ3n) is 3.52. The highest BCUT2D eigenvalue weighted by atomic mass is 16.5. The van der Waals surface area contributed by atoms with Crippen molar-refractivity contribution in [1.82, 2.24) is 15.3 Å². The number of ether oxygens (including phenoxy) is 1. The summed E-state index contributed by atoms with van der Waals surface area (Å²) in [5.74, 6) is 0.863. The van der Waals surface area contributed by atoms with Crippen molar-refractivity contribution in [3.63, 3.8) is 0 Å². The number of nitrogens with zero attached hydrogens (tertiary/aromatic N) is 2. The lowest BCUT2D eigenvalue weighted by molar-refractivity contribution is -0.0457. The molecule has 1 aromatic rings. The van der Waals surface area contributed by atoms with Crippen molar-refractivity contribution in [2.45, 2.75) is 51.7 Å². The first-order chi connectivity index (χ1) is 8.80. The van der Waals surface area contributed by atoms with Crippen LogP contribution in [0.5, 0.6) is 0 Å². The molecule has 1 heterocycles. The van der Waals surface area contributed by atoms with Crippen LogP contribution in [-0.2, 0) is 16.9 Å². The van der Waals surface area contributed by atoms with Gasteiger partial charge < -0.3 is 10.1 Å². The second-order valence-corrected chi connectivity index (χ2v) is 4.83. The molecule has 0 atom stereocenters. The van der Waals surface area contributed by atoms with Crippen molar-refractivity contribution < 1.29 is 4.74 Å². The molecule has 100 valence electrons. The van der Waals surface area contributed by atoms with E-state index in [4.69, 9.17) is 4.74 Å². The Labute approximate surface area is 109 Å². The molecule has 1 fully saturated rings. The molecule has 1 aliphatic carbocycles. The molecule has 0 bridgehead atoms. The average molecular weight is 249 g/mol. The summed E-state index contributed by atoms with van der Waals surface area (Å²) in [6.07, 6.45) is 8.36. The summed E-state index contributed by atoms with van der Waals surface area (Å²) in [5.41, 5.74) is 0.913. The fourth-order valence-electron chi connectivity index (χ4n) is 2.61. The van der Waals surface area contributed by atoms with Gasteiger partial charge in [0.2, 0.25) is 0 Å². The van der Waals surface area contributed by atoms with Crippen LogP contribution in [0.2, 0.25) is 0 Å². The van der Waals surface area contributed by atoms with E-state index in [0.29, 0.717) is 0 Å². The topological polar surface area (TPSA) is 47.0 Å². The molecular formula is C14H23N3O. The van der Waals surface area contributed by atoms with Crippen LogP contribution in [0.15, 0.2) is 12.4 Å². The second kappa shape index (κ2) is 6.25. The Morgan fingerprint density at radius 2 is 1.89 bits per heavy atom. The van der Waals surface area contributed by atoms with Gasteiger partial charge in [0.05, 0.1) is 0 Å². The molecule has 0 saturated heterocycles. The second-order valence-electron chi connectivity index (χ2n) is 4.83. The molecule has 0 unspecified atom stereocenters. The first kappa shape index (κ1) is 13.4. The standard InChI is InChI=1S/C14H23N3O/c1-3-15-9-12-10-16-13(17-11-12)14(18-4-2)7-5-6-8-14/h10-11,15H,3-9H2,1-2H3. The van der Waals surface area contributed by atoms with Gasteiger partial charge in [-0.25, -0.2) is 9.97 Å². The summed E-state index contributed by atoms with van der Waals surface area (Å²) in [6, 6.07) is 0. The molecule has 1 aliphatic rings. The fraction of sp³-hybridized carbons (Fsp3) is 0.714. The minimum absolute atomic E-state index is 0.217. The number of rotatable bonds is 6. The summed E-state index contributed by atoms with van der Waals surface area (Å²) < 4.78 is 5.96. The number of hydrogen-bond donors (Lipinski definition) is 1. The molecule has 0 amide bonds. The van der Waals surface area contributed by atoms with Gasteiger partial charge in [-0.3, -0.25) is 0 Å². The fourth-order valence-corrected chi connectivity index (χ4v) is 2.61. The third kappa shape index (κ3) is 2.87. The molecule has 0 aromatic carbocycles. The third-order valence-corrected chi connectivity index (χ3v) is 3.52. The zero-order valence-corrected chi connectivity index (χ0v) is 11.4. The number of nitrogens with one attached hydrogen (secondary N) is 1. The van der Waals surface area contributed by atoms with Crippen LogP contribution >= 0.6 is 0 Å². The largest absolute Gasteiger partial charge is 0.367 e. The summed E-state index contributed by atoms with van der Waals surface area (Å²) in [7, 11) is 0. The molecule has 0 spiro atoms. The average Bonchev–Trinajstić information content (AvgIpc) is 2.87. The van der Waals surface area contributed by atoms with E-state index >= 15 is 0 Å². The van der Waals surface area contributed by atoms with E-state index in [0.717, 1.165) is 43.9 Å². The smallest absolute Gasteiger partial charge is 0.160 e. The first-order valence-electron chi connectivity index (χ1n) is 6.97. The predicted molar refractivity (Wildman–Crippen MR) is 71.2 cm³/mol. The maximum atomic E-state index is 5.96. The highest BCUT2D eigenvalue weighted by Gasteiger charge is 2.38. The Kier molecular flexibility index (Phi) is 4.66. The quantitative estimate of drug-likeness (QED) is 0.841. The first-order valence-corrected chi connectivity index (χ1v) is 6.97. The summed E-state index contributed by atoms with van der Waals surface area (Å²) in [4.78, 5) is 9.06. The van der Waals surface area contributed by atoms with Crippen molar-refractivity contribution >= 4 is 0 Å². The minimum atomic E-state index is -0.217. The Balaban J connectivity index is 2.11. The van der Waals surface area contributed by atoms with E-state index in [1.165, 1.54) is 12.8 Å².